The molecule has 0 amide bonds. The van der Waals surface area contributed by atoms with Gasteiger partial charge in [0, 0.05) is 17.5 Å². The molecule has 0 atom stereocenters. The first-order valence-electron chi connectivity index (χ1n) is 4.35. The van der Waals surface area contributed by atoms with Gasteiger partial charge < -0.3 is 10.1 Å². The number of aromatic amines is 1. The van der Waals surface area contributed by atoms with Crippen LogP contribution in [0, 0.1) is 5.82 Å². The lowest BCUT2D eigenvalue weighted by Gasteiger charge is -2.03. The van der Waals surface area contributed by atoms with E-state index in [4.69, 9.17) is 5.11 Å². The van der Waals surface area contributed by atoms with Gasteiger partial charge in [-0.05, 0) is 30.3 Å². The first-order chi connectivity index (χ1) is 7.18. The quantitative estimate of drug-likeness (QED) is 0.791. The van der Waals surface area contributed by atoms with Crippen LogP contribution in [0.5, 0.6) is 0 Å². The van der Waals surface area contributed by atoms with E-state index >= 15 is 0 Å². The second-order valence-corrected chi connectivity index (χ2v) is 3.08. The third-order valence-electron chi connectivity index (χ3n) is 2.10. The summed E-state index contributed by atoms with van der Waals surface area (Å²) in [6.07, 6.45) is 1.68. The lowest BCUT2D eigenvalue weighted by Crippen LogP contribution is -2.00. The Hall–Kier alpha value is -2.10. The van der Waals surface area contributed by atoms with Crippen LogP contribution in [-0.2, 0) is 0 Å². The predicted molar refractivity (Wildman–Crippen MR) is 53.1 cm³/mol. The van der Waals surface area contributed by atoms with Gasteiger partial charge >= 0.3 is 5.97 Å². The molecule has 0 saturated carbocycles. The summed E-state index contributed by atoms with van der Waals surface area (Å²) in [5.74, 6) is -1.69. The summed E-state index contributed by atoms with van der Waals surface area (Å²) in [6, 6.07) is 7.19. The smallest absolute Gasteiger partial charge is 0.336 e. The molecule has 1 aromatic heterocycles. The number of H-pyrrole nitrogens is 1. The van der Waals surface area contributed by atoms with Gasteiger partial charge in [-0.25, -0.2) is 9.18 Å². The first-order valence-corrected chi connectivity index (χ1v) is 4.35. The molecule has 0 unspecified atom stereocenters. The minimum atomic E-state index is -1.14. The van der Waals surface area contributed by atoms with Crippen LogP contribution in [0.4, 0.5) is 4.39 Å². The maximum atomic E-state index is 12.9. The number of hydrogen-bond donors (Lipinski definition) is 2. The Morgan fingerprint density at radius 2 is 2.13 bits per heavy atom. The number of hydrogen-bond acceptors (Lipinski definition) is 1. The number of carboxylic acids is 1. The Kier molecular flexibility index (Phi) is 2.25. The van der Waals surface area contributed by atoms with Crippen molar-refractivity contribution in [3.05, 3.63) is 47.9 Å². The number of aromatic nitrogens is 1. The van der Waals surface area contributed by atoms with Gasteiger partial charge in [0.15, 0.2) is 0 Å². The van der Waals surface area contributed by atoms with E-state index in [0.717, 1.165) is 6.07 Å². The molecule has 0 aliphatic rings. The monoisotopic (exact) mass is 205 g/mol. The molecular formula is C11H8FNO2. The molecule has 2 N–H and O–H groups in total. The van der Waals surface area contributed by atoms with Crippen molar-refractivity contribution in [2.75, 3.05) is 0 Å². The van der Waals surface area contributed by atoms with E-state index in [-0.39, 0.29) is 5.56 Å². The number of rotatable bonds is 2. The van der Waals surface area contributed by atoms with Gasteiger partial charge in [-0.2, -0.15) is 0 Å². The second-order valence-electron chi connectivity index (χ2n) is 3.08. The molecule has 4 heteroatoms. The SMILES string of the molecule is O=C(O)c1cc(F)ccc1-c1ccc[nH]1. The molecule has 0 radical (unpaired) electrons. The molecule has 2 aromatic rings. The van der Waals surface area contributed by atoms with Gasteiger partial charge in [0.1, 0.15) is 5.82 Å². The van der Waals surface area contributed by atoms with Crippen molar-refractivity contribution in [1.82, 2.24) is 4.98 Å². The van der Waals surface area contributed by atoms with Crippen LogP contribution < -0.4 is 0 Å². The minimum Gasteiger partial charge on any atom is -0.478 e. The Balaban J connectivity index is 2.61. The van der Waals surface area contributed by atoms with E-state index < -0.39 is 11.8 Å². The van der Waals surface area contributed by atoms with Crippen LogP contribution >= 0.6 is 0 Å². The number of carboxylic acid groups (broad SMARTS) is 1. The minimum absolute atomic E-state index is 0.0440. The Bertz CT molecular complexity index is 491. The highest BCUT2D eigenvalue weighted by Gasteiger charge is 2.12. The number of nitrogens with one attached hydrogen (secondary N) is 1. The summed E-state index contributed by atoms with van der Waals surface area (Å²) >= 11 is 0. The predicted octanol–water partition coefficient (Wildman–Crippen LogP) is 2.52. The molecule has 0 fully saturated rings. The van der Waals surface area contributed by atoms with Crippen molar-refractivity contribution >= 4 is 5.97 Å². The highest BCUT2D eigenvalue weighted by molar-refractivity contribution is 5.95. The average molecular weight is 205 g/mol. The van der Waals surface area contributed by atoms with Gasteiger partial charge in [0.05, 0.1) is 5.56 Å². The highest BCUT2D eigenvalue weighted by Crippen LogP contribution is 2.22. The van der Waals surface area contributed by atoms with Crippen molar-refractivity contribution in [1.29, 1.82) is 0 Å². The molecule has 1 aromatic carbocycles. The summed E-state index contributed by atoms with van der Waals surface area (Å²) in [5.41, 5.74) is 1.10. The van der Waals surface area contributed by atoms with Crippen LogP contribution in [0.2, 0.25) is 0 Å². The summed E-state index contributed by atoms with van der Waals surface area (Å²) in [4.78, 5) is 13.8. The summed E-state index contributed by atoms with van der Waals surface area (Å²) in [7, 11) is 0. The molecule has 0 saturated heterocycles. The van der Waals surface area contributed by atoms with E-state index in [1.165, 1.54) is 12.1 Å². The third-order valence-corrected chi connectivity index (χ3v) is 2.10. The van der Waals surface area contributed by atoms with Gasteiger partial charge in [-0.3, -0.25) is 0 Å². The van der Waals surface area contributed by atoms with E-state index in [9.17, 15) is 9.18 Å². The van der Waals surface area contributed by atoms with Crippen LogP contribution in [0.15, 0.2) is 36.5 Å². The molecule has 0 aliphatic carbocycles. The molecule has 0 bridgehead atoms. The van der Waals surface area contributed by atoms with Crippen molar-refractivity contribution < 1.29 is 14.3 Å². The number of carbonyl (C=O) groups is 1. The molecule has 0 aliphatic heterocycles. The largest absolute Gasteiger partial charge is 0.478 e. The number of benzene rings is 1. The number of aromatic carboxylic acids is 1. The summed E-state index contributed by atoms with van der Waals surface area (Å²) < 4.78 is 12.9. The molecule has 0 spiro atoms. The average Bonchev–Trinajstić information content (AvgIpc) is 2.70. The first kappa shape index (κ1) is 9.45. The van der Waals surface area contributed by atoms with Crippen LogP contribution in [0.1, 0.15) is 10.4 Å². The van der Waals surface area contributed by atoms with E-state index in [0.29, 0.717) is 11.3 Å². The number of halogens is 1. The van der Waals surface area contributed by atoms with E-state index in [1.807, 2.05) is 0 Å². The maximum Gasteiger partial charge on any atom is 0.336 e. The fourth-order valence-electron chi connectivity index (χ4n) is 1.43. The lowest BCUT2D eigenvalue weighted by molar-refractivity contribution is 0.0697. The van der Waals surface area contributed by atoms with Crippen LogP contribution in [0.25, 0.3) is 11.3 Å². The fraction of sp³-hybridized carbons (Fsp3) is 0. The molecule has 2 rings (SSSR count). The van der Waals surface area contributed by atoms with Crippen LogP contribution in [-0.4, -0.2) is 16.1 Å². The van der Waals surface area contributed by atoms with Crippen molar-refractivity contribution in [3.63, 3.8) is 0 Å². The lowest BCUT2D eigenvalue weighted by atomic mass is 10.0. The third kappa shape index (κ3) is 1.74. The van der Waals surface area contributed by atoms with Crippen molar-refractivity contribution in [2.45, 2.75) is 0 Å². The van der Waals surface area contributed by atoms with Gasteiger partial charge in [-0.1, -0.05) is 0 Å². The molecular weight excluding hydrogens is 197 g/mol. The van der Waals surface area contributed by atoms with Crippen molar-refractivity contribution in [3.8, 4) is 11.3 Å². The zero-order valence-corrected chi connectivity index (χ0v) is 7.70. The van der Waals surface area contributed by atoms with Gasteiger partial charge in [0.25, 0.3) is 0 Å². The standard InChI is InChI=1S/C11H8FNO2/c12-7-3-4-8(9(6-7)11(14)15)10-2-1-5-13-10/h1-6,13H,(H,14,15). The van der Waals surface area contributed by atoms with Gasteiger partial charge in [-0.15, -0.1) is 0 Å². The zero-order chi connectivity index (χ0) is 10.8. The van der Waals surface area contributed by atoms with E-state index in [2.05, 4.69) is 4.98 Å². The normalized spacial score (nSPS) is 10.2. The Labute approximate surface area is 85.2 Å². The van der Waals surface area contributed by atoms with E-state index in [1.54, 1.807) is 18.3 Å². The molecule has 3 nitrogen and oxygen atoms in total. The molecule has 15 heavy (non-hydrogen) atoms. The van der Waals surface area contributed by atoms with Crippen LogP contribution in [0.3, 0.4) is 0 Å². The summed E-state index contributed by atoms with van der Waals surface area (Å²) in [5, 5.41) is 8.91. The Morgan fingerprint density at radius 1 is 1.33 bits per heavy atom. The topological polar surface area (TPSA) is 53.1 Å². The zero-order valence-electron chi connectivity index (χ0n) is 7.70. The van der Waals surface area contributed by atoms with Crippen molar-refractivity contribution in [2.24, 2.45) is 0 Å². The molecule has 1 heterocycles. The molecule has 76 valence electrons. The fourth-order valence-corrected chi connectivity index (χ4v) is 1.43. The second kappa shape index (κ2) is 3.57. The van der Waals surface area contributed by atoms with Gasteiger partial charge in [0.2, 0.25) is 0 Å². The summed E-state index contributed by atoms with van der Waals surface area (Å²) in [6.45, 7) is 0. The highest BCUT2D eigenvalue weighted by atomic mass is 19.1. The maximum absolute atomic E-state index is 12.9. The Morgan fingerprint density at radius 3 is 2.73 bits per heavy atom.